The molecule has 0 saturated carbocycles. The molecule has 0 bridgehead atoms. The van der Waals surface area contributed by atoms with Crippen molar-refractivity contribution in [3.63, 3.8) is 0 Å². The fourth-order valence-electron chi connectivity index (χ4n) is 2.74. The Hall–Kier alpha value is -2.41. The van der Waals surface area contributed by atoms with Crippen molar-refractivity contribution in [1.29, 1.82) is 0 Å². The molecular formula is C18H17F2N3OS. The summed E-state index contributed by atoms with van der Waals surface area (Å²) >= 11 is 1.18. The molecule has 0 aliphatic rings. The molecule has 1 amide bonds. The van der Waals surface area contributed by atoms with E-state index in [0.717, 1.165) is 34.5 Å². The van der Waals surface area contributed by atoms with Gasteiger partial charge >= 0.3 is 0 Å². The van der Waals surface area contributed by atoms with Crippen LogP contribution in [0.3, 0.4) is 0 Å². The Labute approximate surface area is 148 Å². The number of rotatable bonds is 4. The monoisotopic (exact) mass is 361 g/mol. The quantitative estimate of drug-likeness (QED) is 0.673. The van der Waals surface area contributed by atoms with Crippen LogP contribution in [0.5, 0.6) is 0 Å². The number of aromatic nitrogens is 2. The van der Waals surface area contributed by atoms with Gasteiger partial charge in [-0.25, -0.2) is 13.8 Å². The lowest BCUT2D eigenvalue weighted by atomic mass is 10.1. The minimum Gasteiger partial charge on any atom is -0.333 e. The SMILES string of the molecule is Cc1cc(C)c(NC(=O)CSc2nc3cc(F)c(F)cc3[nH]2)c(C)c1. The second-order valence-electron chi connectivity index (χ2n) is 5.94. The van der Waals surface area contributed by atoms with Gasteiger partial charge in [0, 0.05) is 17.8 Å². The molecule has 25 heavy (non-hydrogen) atoms. The Balaban J connectivity index is 1.68. The summed E-state index contributed by atoms with van der Waals surface area (Å²) in [7, 11) is 0. The largest absolute Gasteiger partial charge is 0.333 e. The first-order valence-electron chi connectivity index (χ1n) is 7.69. The van der Waals surface area contributed by atoms with E-state index in [4.69, 9.17) is 0 Å². The van der Waals surface area contributed by atoms with Crippen molar-refractivity contribution in [2.24, 2.45) is 0 Å². The number of carbonyl (C=O) groups is 1. The Morgan fingerprint density at radius 2 is 1.76 bits per heavy atom. The van der Waals surface area contributed by atoms with Crippen LogP contribution in [0, 0.1) is 32.4 Å². The summed E-state index contributed by atoms with van der Waals surface area (Å²) in [5, 5.41) is 3.34. The molecule has 0 radical (unpaired) electrons. The second kappa shape index (κ2) is 6.84. The highest BCUT2D eigenvalue weighted by Gasteiger charge is 2.12. The minimum atomic E-state index is -0.946. The zero-order chi connectivity index (χ0) is 18.1. The maximum Gasteiger partial charge on any atom is 0.234 e. The molecule has 0 saturated heterocycles. The van der Waals surface area contributed by atoms with E-state index < -0.39 is 11.6 Å². The Morgan fingerprint density at radius 3 is 2.44 bits per heavy atom. The van der Waals surface area contributed by atoms with E-state index in [0.29, 0.717) is 16.2 Å². The first-order chi connectivity index (χ1) is 11.8. The number of benzene rings is 2. The predicted molar refractivity (Wildman–Crippen MR) is 96.0 cm³/mol. The van der Waals surface area contributed by atoms with Crippen molar-refractivity contribution in [1.82, 2.24) is 9.97 Å². The van der Waals surface area contributed by atoms with Gasteiger partial charge in [0.05, 0.1) is 16.8 Å². The summed E-state index contributed by atoms with van der Waals surface area (Å²) in [6, 6.07) is 6.11. The molecule has 7 heteroatoms. The van der Waals surface area contributed by atoms with Crippen LogP contribution in [0.4, 0.5) is 14.5 Å². The maximum absolute atomic E-state index is 13.2. The van der Waals surface area contributed by atoms with Gasteiger partial charge in [-0.15, -0.1) is 0 Å². The fraction of sp³-hybridized carbons (Fsp3) is 0.222. The molecular weight excluding hydrogens is 344 g/mol. The van der Waals surface area contributed by atoms with Crippen LogP contribution >= 0.6 is 11.8 Å². The van der Waals surface area contributed by atoms with E-state index in [9.17, 15) is 13.6 Å². The number of fused-ring (bicyclic) bond motifs is 1. The lowest BCUT2D eigenvalue weighted by molar-refractivity contribution is -0.113. The third kappa shape index (κ3) is 3.82. The number of hydrogen-bond donors (Lipinski definition) is 2. The number of nitrogens with one attached hydrogen (secondary N) is 2. The third-order valence-corrected chi connectivity index (χ3v) is 4.66. The van der Waals surface area contributed by atoms with Crippen LogP contribution in [0.25, 0.3) is 11.0 Å². The molecule has 1 aromatic heterocycles. The lowest BCUT2D eigenvalue weighted by Crippen LogP contribution is -2.16. The lowest BCUT2D eigenvalue weighted by Gasteiger charge is -2.12. The number of aromatic amines is 1. The second-order valence-corrected chi connectivity index (χ2v) is 6.90. The van der Waals surface area contributed by atoms with Crippen molar-refractivity contribution in [2.75, 3.05) is 11.1 Å². The van der Waals surface area contributed by atoms with Gasteiger partial charge in [0.2, 0.25) is 5.91 Å². The van der Waals surface area contributed by atoms with Crippen molar-refractivity contribution < 1.29 is 13.6 Å². The number of aryl methyl sites for hydroxylation is 3. The molecule has 2 N–H and O–H groups in total. The van der Waals surface area contributed by atoms with Crippen molar-refractivity contribution in [3.8, 4) is 0 Å². The predicted octanol–water partition coefficient (Wildman–Crippen LogP) is 4.50. The van der Waals surface area contributed by atoms with E-state index >= 15 is 0 Å². The molecule has 3 rings (SSSR count). The summed E-state index contributed by atoms with van der Waals surface area (Å²) in [5.41, 5.74) is 4.68. The number of imidazole rings is 1. The Bertz CT molecular complexity index is 906. The number of halogens is 2. The first-order valence-corrected chi connectivity index (χ1v) is 8.67. The maximum atomic E-state index is 13.2. The zero-order valence-electron chi connectivity index (χ0n) is 14.0. The molecule has 0 aliphatic carbocycles. The molecule has 0 aliphatic heterocycles. The number of carbonyl (C=O) groups excluding carboxylic acids is 1. The smallest absolute Gasteiger partial charge is 0.234 e. The molecule has 2 aromatic carbocycles. The normalized spacial score (nSPS) is 11.1. The van der Waals surface area contributed by atoms with Gasteiger partial charge in [-0.1, -0.05) is 29.5 Å². The van der Waals surface area contributed by atoms with Crippen molar-refractivity contribution in [3.05, 3.63) is 52.6 Å². The van der Waals surface area contributed by atoms with Crippen LogP contribution in [0.2, 0.25) is 0 Å². The Kier molecular flexibility index (Phi) is 4.76. The highest BCUT2D eigenvalue weighted by Crippen LogP contribution is 2.24. The van der Waals surface area contributed by atoms with E-state index in [2.05, 4.69) is 15.3 Å². The summed E-state index contributed by atoms with van der Waals surface area (Å²) in [4.78, 5) is 19.2. The standard InChI is InChI=1S/C18H17F2N3OS/c1-9-4-10(2)17(11(3)5-9)23-16(24)8-25-18-21-14-6-12(19)13(20)7-15(14)22-18/h4-7H,8H2,1-3H3,(H,21,22)(H,23,24). The van der Waals surface area contributed by atoms with Gasteiger partial charge in [-0.05, 0) is 31.9 Å². The highest BCUT2D eigenvalue weighted by molar-refractivity contribution is 7.99. The molecule has 1 heterocycles. The van der Waals surface area contributed by atoms with Crippen LogP contribution in [-0.2, 0) is 4.79 Å². The molecule has 0 atom stereocenters. The highest BCUT2D eigenvalue weighted by atomic mass is 32.2. The van der Waals surface area contributed by atoms with Crippen LogP contribution in [0.15, 0.2) is 29.4 Å². The number of hydrogen-bond acceptors (Lipinski definition) is 3. The average molecular weight is 361 g/mol. The number of thioether (sulfide) groups is 1. The third-order valence-electron chi connectivity index (χ3n) is 3.78. The van der Waals surface area contributed by atoms with Gasteiger partial charge in [-0.3, -0.25) is 4.79 Å². The molecule has 4 nitrogen and oxygen atoms in total. The van der Waals surface area contributed by atoms with Crippen LogP contribution in [-0.4, -0.2) is 21.6 Å². The fourth-order valence-corrected chi connectivity index (χ4v) is 3.42. The molecule has 0 unspecified atom stereocenters. The summed E-state index contributed by atoms with van der Waals surface area (Å²) in [5.74, 6) is -1.91. The van der Waals surface area contributed by atoms with Crippen LogP contribution in [0.1, 0.15) is 16.7 Å². The number of H-pyrrole nitrogens is 1. The van der Waals surface area contributed by atoms with Gasteiger partial charge in [0.1, 0.15) is 0 Å². The Morgan fingerprint density at radius 1 is 1.12 bits per heavy atom. The number of nitrogens with zero attached hydrogens (tertiary/aromatic N) is 1. The molecule has 130 valence electrons. The molecule has 0 spiro atoms. The van der Waals surface area contributed by atoms with Crippen molar-refractivity contribution >= 4 is 34.4 Å². The summed E-state index contributed by atoms with van der Waals surface area (Å²) < 4.78 is 26.4. The molecule has 0 fully saturated rings. The summed E-state index contributed by atoms with van der Waals surface area (Å²) in [6.07, 6.45) is 0. The topological polar surface area (TPSA) is 57.8 Å². The van der Waals surface area contributed by atoms with Crippen molar-refractivity contribution in [2.45, 2.75) is 25.9 Å². The number of anilines is 1. The number of amides is 1. The van der Waals surface area contributed by atoms with Gasteiger partial charge in [0.15, 0.2) is 16.8 Å². The minimum absolute atomic E-state index is 0.136. The average Bonchev–Trinajstić information content (AvgIpc) is 2.91. The zero-order valence-corrected chi connectivity index (χ0v) is 14.9. The van der Waals surface area contributed by atoms with Gasteiger partial charge < -0.3 is 10.3 Å². The van der Waals surface area contributed by atoms with Gasteiger partial charge in [0.25, 0.3) is 0 Å². The van der Waals surface area contributed by atoms with Gasteiger partial charge in [-0.2, -0.15) is 0 Å². The van der Waals surface area contributed by atoms with E-state index in [1.165, 1.54) is 11.8 Å². The van der Waals surface area contributed by atoms with E-state index in [-0.39, 0.29) is 11.7 Å². The first kappa shape index (κ1) is 17.4. The van der Waals surface area contributed by atoms with Crippen LogP contribution < -0.4 is 5.32 Å². The van der Waals surface area contributed by atoms with E-state index in [1.807, 2.05) is 32.9 Å². The van der Waals surface area contributed by atoms with E-state index in [1.54, 1.807) is 0 Å². The molecule has 3 aromatic rings. The summed E-state index contributed by atoms with van der Waals surface area (Å²) in [6.45, 7) is 5.91.